The Hall–Kier alpha value is -3.24. The molecule has 1 aliphatic heterocycles. The maximum absolute atomic E-state index is 13.5. The Kier molecular flexibility index (Phi) is 6.50. The van der Waals surface area contributed by atoms with Crippen molar-refractivity contribution >= 4 is 51.7 Å². The first-order valence-corrected chi connectivity index (χ1v) is 13.8. The van der Waals surface area contributed by atoms with Gasteiger partial charge < -0.3 is 15.0 Å². The van der Waals surface area contributed by atoms with Gasteiger partial charge in [-0.05, 0) is 48.9 Å². The molecule has 2 saturated carbocycles. The molecule has 10 nitrogen and oxygen atoms in total. The average Bonchev–Trinajstić information content (AvgIpc) is 3.63. The third kappa shape index (κ3) is 4.84. The minimum atomic E-state index is -0.809. The van der Waals surface area contributed by atoms with E-state index in [1.807, 2.05) is 6.92 Å². The molecule has 1 saturated heterocycles. The Morgan fingerprint density at radius 1 is 1.18 bits per heavy atom. The van der Waals surface area contributed by atoms with Gasteiger partial charge in [0, 0.05) is 43.2 Å². The zero-order valence-electron chi connectivity index (χ0n) is 21.5. The van der Waals surface area contributed by atoms with Crippen LogP contribution in [0.5, 0.6) is 5.75 Å². The molecule has 2 aliphatic carbocycles. The maximum atomic E-state index is 13.5. The molecule has 0 spiro atoms. The van der Waals surface area contributed by atoms with Crippen molar-refractivity contribution in [2.75, 3.05) is 6.54 Å². The van der Waals surface area contributed by atoms with Crippen LogP contribution in [0, 0.1) is 17.8 Å². The quantitative estimate of drug-likeness (QED) is 0.310. The number of ether oxygens (including phenoxy) is 1. The van der Waals surface area contributed by atoms with Crippen LogP contribution in [0.4, 0.5) is 0 Å². The number of alkyl halides is 2. The van der Waals surface area contributed by atoms with Gasteiger partial charge in [0.25, 0.3) is 0 Å². The number of fused-ring (bicyclic) bond motifs is 2. The predicted molar refractivity (Wildman–Crippen MR) is 143 cm³/mol. The van der Waals surface area contributed by atoms with E-state index in [9.17, 15) is 14.4 Å². The highest BCUT2D eigenvalue weighted by molar-refractivity contribution is 6.51. The standard InChI is InChI=1S/C27H28Cl2N6O4/c1-14-19(27(14,28)29)11-32-26(38)22-9-16-8-21(16)35(22)24(37)12-34-20-5-4-17(10-18(20)25(33-34)15(2)36)39-13-23-30-6-3-7-31-23/h3-7,10,14,16,19,21-22H,8-9,11-13H2,1-2H3,(H,32,38)/t14-,16+,19+,21+,22-/m0/s1. The van der Waals surface area contributed by atoms with Gasteiger partial charge in [0.2, 0.25) is 11.8 Å². The van der Waals surface area contributed by atoms with Crippen LogP contribution in [0.15, 0.2) is 36.7 Å². The van der Waals surface area contributed by atoms with Gasteiger partial charge in [0.15, 0.2) is 11.6 Å². The number of nitrogens with zero attached hydrogens (tertiary/aromatic N) is 5. The number of halogens is 2. The summed E-state index contributed by atoms with van der Waals surface area (Å²) < 4.78 is 6.54. The number of ketones is 1. The summed E-state index contributed by atoms with van der Waals surface area (Å²) in [6.07, 6.45) is 4.81. The Bertz CT molecular complexity index is 1460. The SMILES string of the molecule is CC(=O)c1nn(CC(=O)N2[C@@H]3C[C@@H]3C[C@H]2C(=O)NC[C@@H]2[C@H](C)C2(Cl)Cl)c2ccc(OCc3ncccn3)cc12. The average molecular weight is 571 g/mol. The topological polar surface area (TPSA) is 119 Å². The Morgan fingerprint density at radius 2 is 1.92 bits per heavy atom. The van der Waals surface area contributed by atoms with Crippen LogP contribution in [0.2, 0.25) is 0 Å². The van der Waals surface area contributed by atoms with Gasteiger partial charge in [-0.25, -0.2) is 9.97 Å². The first kappa shape index (κ1) is 26.0. The lowest BCUT2D eigenvalue weighted by molar-refractivity contribution is -0.140. The van der Waals surface area contributed by atoms with Gasteiger partial charge in [-0.2, -0.15) is 5.10 Å². The van der Waals surface area contributed by atoms with Crippen molar-refractivity contribution in [2.45, 2.75) is 56.3 Å². The fraction of sp³-hybridized carbons (Fsp3) is 0.481. The third-order valence-corrected chi connectivity index (χ3v) is 9.36. The number of Topliss-reactive ketones (excluding diaryl/α,β-unsaturated/α-hetero) is 1. The molecule has 3 aliphatic rings. The van der Waals surface area contributed by atoms with Crippen LogP contribution in [0.3, 0.4) is 0 Å². The van der Waals surface area contributed by atoms with Crippen LogP contribution in [0.1, 0.15) is 43.0 Å². The second-order valence-corrected chi connectivity index (χ2v) is 12.1. The molecule has 0 radical (unpaired) electrons. The van der Waals surface area contributed by atoms with Crippen LogP contribution < -0.4 is 10.1 Å². The van der Waals surface area contributed by atoms with Crippen molar-refractivity contribution in [1.29, 1.82) is 0 Å². The number of carbonyl (C=O) groups excluding carboxylic acids is 3. The zero-order chi connectivity index (χ0) is 27.5. The largest absolute Gasteiger partial charge is 0.486 e. The number of hydrogen-bond acceptors (Lipinski definition) is 7. The highest BCUT2D eigenvalue weighted by Gasteiger charge is 2.60. The molecule has 0 bridgehead atoms. The molecule has 3 aromatic rings. The second kappa shape index (κ2) is 9.75. The fourth-order valence-electron chi connectivity index (χ4n) is 5.64. The number of benzene rings is 1. The Morgan fingerprint density at radius 3 is 2.62 bits per heavy atom. The zero-order valence-corrected chi connectivity index (χ0v) is 23.0. The highest BCUT2D eigenvalue weighted by atomic mass is 35.5. The van der Waals surface area contributed by atoms with Gasteiger partial charge in [0.1, 0.15) is 35.0 Å². The summed E-state index contributed by atoms with van der Waals surface area (Å²) in [5.74, 6) is 0.895. The molecule has 1 aromatic carbocycles. The monoisotopic (exact) mass is 570 g/mol. The molecule has 3 heterocycles. The molecule has 0 unspecified atom stereocenters. The highest BCUT2D eigenvalue weighted by Crippen LogP contribution is 2.58. The number of hydrogen-bond donors (Lipinski definition) is 1. The van der Waals surface area contributed by atoms with Crippen molar-refractivity contribution in [3.05, 3.63) is 48.2 Å². The van der Waals surface area contributed by atoms with Gasteiger partial charge in [-0.1, -0.05) is 6.92 Å². The van der Waals surface area contributed by atoms with Crippen molar-refractivity contribution < 1.29 is 19.1 Å². The van der Waals surface area contributed by atoms with Crippen molar-refractivity contribution in [3.63, 3.8) is 0 Å². The van der Waals surface area contributed by atoms with E-state index in [0.29, 0.717) is 41.4 Å². The van der Waals surface area contributed by atoms with E-state index in [1.54, 1.807) is 41.6 Å². The molecule has 1 N–H and O–H groups in total. The molecule has 6 rings (SSSR count). The van der Waals surface area contributed by atoms with Gasteiger partial charge >= 0.3 is 0 Å². The van der Waals surface area contributed by atoms with Crippen LogP contribution in [0.25, 0.3) is 10.9 Å². The molecule has 3 fully saturated rings. The molecule has 12 heteroatoms. The summed E-state index contributed by atoms with van der Waals surface area (Å²) >= 11 is 12.5. The molecular weight excluding hydrogens is 543 g/mol. The molecule has 39 heavy (non-hydrogen) atoms. The summed E-state index contributed by atoms with van der Waals surface area (Å²) in [6.45, 7) is 3.86. The minimum absolute atomic E-state index is 0.000553. The van der Waals surface area contributed by atoms with Gasteiger partial charge in [-0.15, -0.1) is 23.2 Å². The van der Waals surface area contributed by atoms with Crippen LogP contribution in [-0.4, -0.2) is 65.2 Å². The summed E-state index contributed by atoms with van der Waals surface area (Å²) in [5.41, 5.74) is 0.885. The normalized spacial score (nSPS) is 26.3. The smallest absolute Gasteiger partial charge is 0.245 e. The number of nitrogens with one attached hydrogen (secondary N) is 1. The van der Waals surface area contributed by atoms with Gasteiger partial charge in [-0.3, -0.25) is 19.1 Å². The lowest BCUT2D eigenvalue weighted by Crippen LogP contribution is -2.49. The number of aromatic nitrogens is 4. The van der Waals surface area contributed by atoms with Crippen molar-refractivity contribution in [3.8, 4) is 5.75 Å². The number of likely N-dealkylation sites (tertiary alicyclic amines) is 1. The van der Waals surface area contributed by atoms with E-state index in [0.717, 1.165) is 6.42 Å². The van der Waals surface area contributed by atoms with E-state index in [4.69, 9.17) is 27.9 Å². The molecule has 2 aromatic heterocycles. The first-order valence-electron chi connectivity index (χ1n) is 13.0. The lowest BCUT2D eigenvalue weighted by atomic mass is 10.1. The second-order valence-electron chi connectivity index (χ2n) is 10.6. The van der Waals surface area contributed by atoms with Crippen molar-refractivity contribution in [1.82, 2.24) is 30.0 Å². The van der Waals surface area contributed by atoms with Gasteiger partial charge in [0.05, 0.1) is 5.52 Å². The number of carbonyl (C=O) groups is 3. The number of amides is 2. The summed E-state index contributed by atoms with van der Waals surface area (Å²) in [5, 5.41) is 8.01. The van der Waals surface area contributed by atoms with E-state index >= 15 is 0 Å². The summed E-state index contributed by atoms with van der Waals surface area (Å²) in [7, 11) is 0. The Balaban J connectivity index is 1.17. The molecule has 5 atom stereocenters. The lowest BCUT2D eigenvalue weighted by Gasteiger charge is -2.27. The summed E-state index contributed by atoms with van der Waals surface area (Å²) in [4.78, 5) is 49.0. The predicted octanol–water partition coefficient (Wildman–Crippen LogP) is 3.15. The van der Waals surface area contributed by atoms with E-state index < -0.39 is 10.4 Å². The maximum Gasteiger partial charge on any atom is 0.245 e. The minimum Gasteiger partial charge on any atom is -0.486 e. The van der Waals surface area contributed by atoms with Crippen LogP contribution >= 0.6 is 23.2 Å². The van der Waals surface area contributed by atoms with Crippen LogP contribution in [-0.2, 0) is 22.7 Å². The van der Waals surface area contributed by atoms with E-state index in [2.05, 4.69) is 20.4 Å². The van der Waals surface area contributed by atoms with Crippen molar-refractivity contribution in [2.24, 2.45) is 17.8 Å². The molecule has 2 amide bonds. The Labute approximate surface area is 235 Å². The molecule has 204 valence electrons. The fourth-order valence-corrected chi connectivity index (χ4v) is 6.35. The number of rotatable bonds is 9. The first-order chi connectivity index (χ1) is 18.6. The molecular formula is C27H28Cl2N6O4. The number of piperidine rings is 1. The summed E-state index contributed by atoms with van der Waals surface area (Å²) in [6, 6.07) is 6.52. The van der Waals surface area contributed by atoms with E-state index in [1.165, 1.54) is 11.6 Å². The third-order valence-electron chi connectivity index (χ3n) is 8.11. The van der Waals surface area contributed by atoms with E-state index in [-0.39, 0.29) is 54.3 Å².